The zero-order valence-corrected chi connectivity index (χ0v) is 14.0. The van der Waals surface area contributed by atoms with Crippen LogP contribution in [0.25, 0.3) is 0 Å². The van der Waals surface area contributed by atoms with E-state index in [4.69, 9.17) is 9.15 Å². The third kappa shape index (κ3) is 5.45. The second-order valence-electron chi connectivity index (χ2n) is 5.60. The van der Waals surface area contributed by atoms with Gasteiger partial charge in [-0.15, -0.1) is 0 Å². The summed E-state index contributed by atoms with van der Waals surface area (Å²) in [4.78, 5) is 13.9. The number of carbonyl (C=O) groups is 1. The second kappa shape index (κ2) is 8.39. The van der Waals surface area contributed by atoms with Crippen LogP contribution in [-0.2, 0) is 17.8 Å². The normalized spacial score (nSPS) is 10.8. The van der Waals surface area contributed by atoms with E-state index in [1.165, 1.54) is 0 Å². The van der Waals surface area contributed by atoms with Crippen molar-refractivity contribution < 1.29 is 13.9 Å². The van der Waals surface area contributed by atoms with Crippen LogP contribution >= 0.6 is 0 Å². The standard InChI is InChI=1S/C18H24N2O3/c1-14-8-9-16(23-14)12-20(2)13-18(21)19-11-10-15-6-4-5-7-17(15)22-3/h4-9H,10-13H2,1-3H3,(H,19,21). The highest BCUT2D eigenvalue weighted by molar-refractivity contribution is 5.77. The number of rotatable bonds is 8. The molecule has 0 radical (unpaired) electrons. The molecule has 0 aliphatic rings. The predicted molar refractivity (Wildman–Crippen MR) is 89.5 cm³/mol. The number of likely N-dealkylation sites (N-methyl/N-ethyl adjacent to an activating group) is 1. The molecule has 124 valence electrons. The van der Waals surface area contributed by atoms with Crippen molar-refractivity contribution in [3.05, 3.63) is 53.5 Å². The van der Waals surface area contributed by atoms with E-state index < -0.39 is 0 Å². The molecule has 0 fully saturated rings. The summed E-state index contributed by atoms with van der Waals surface area (Å²) in [6, 6.07) is 11.7. The fraction of sp³-hybridized carbons (Fsp3) is 0.389. The number of ether oxygens (including phenoxy) is 1. The van der Waals surface area contributed by atoms with E-state index in [-0.39, 0.29) is 5.91 Å². The molecular formula is C18H24N2O3. The van der Waals surface area contributed by atoms with E-state index in [1.54, 1.807) is 7.11 Å². The third-order valence-corrected chi connectivity index (χ3v) is 3.54. The second-order valence-corrected chi connectivity index (χ2v) is 5.60. The zero-order chi connectivity index (χ0) is 16.7. The van der Waals surface area contributed by atoms with E-state index >= 15 is 0 Å². The summed E-state index contributed by atoms with van der Waals surface area (Å²) < 4.78 is 10.8. The lowest BCUT2D eigenvalue weighted by Gasteiger charge is -2.15. The van der Waals surface area contributed by atoms with Crippen molar-refractivity contribution in [3.8, 4) is 5.75 Å². The molecule has 1 aromatic heterocycles. The van der Waals surface area contributed by atoms with Crippen LogP contribution in [0.4, 0.5) is 0 Å². The maximum absolute atomic E-state index is 12.0. The van der Waals surface area contributed by atoms with Gasteiger partial charge in [-0.2, -0.15) is 0 Å². The van der Waals surface area contributed by atoms with Gasteiger partial charge in [-0.25, -0.2) is 0 Å². The Bertz CT molecular complexity index is 637. The van der Waals surface area contributed by atoms with Crippen LogP contribution in [-0.4, -0.2) is 38.1 Å². The van der Waals surface area contributed by atoms with Crippen LogP contribution < -0.4 is 10.1 Å². The molecule has 0 saturated carbocycles. The lowest BCUT2D eigenvalue weighted by atomic mass is 10.1. The quantitative estimate of drug-likeness (QED) is 0.812. The Balaban J connectivity index is 1.72. The number of amides is 1. The van der Waals surface area contributed by atoms with Gasteiger partial charge in [0.2, 0.25) is 5.91 Å². The number of hydrogen-bond acceptors (Lipinski definition) is 4. The summed E-state index contributed by atoms with van der Waals surface area (Å²) in [5.41, 5.74) is 1.09. The Kier molecular flexibility index (Phi) is 6.23. The summed E-state index contributed by atoms with van der Waals surface area (Å²) in [6.45, 7) is 3.46. The van der Waals surface area contributed by atoms with Gasteiger partial charge in [0, 0.05) is 6.54 Å². The van der Waals surface area contributed by atoms with Crippen molar-refractivity contribution in [2.45, 2.75) is 19.9 Å². The van der Waals surface area contributed by atoms with E-state index in [0.29, 0.717) is 19.6 Å². The molecule has 1 amide bonds. The van der Waals surface area contributed by atoms with Gasteiger partial charge >= 0.3 is 0 Å². The number of carbonyl (C=O) groups excluding carboxylic acids is 1. The lowest BCUT2D eigenvalue weighted by molar-refractivity contribution is -0.122. The topological polar surface area (TPSA) is 54.7 Å². The number of aryl methyl sites for hydroxylation is 1. The molecule has 2 aromatic rings. The molecule has 0 aliphatic heterocycles. The molecule has 0 saturated heterocycles. The maximum atomic E-state index is 12.0. The predicted octanol–water partition coefficient (Wildman–Crippen LogP) is 2.39. The minimum atomic E-state index is 0.00526. The number of nitrogens with one attached hydrogen (secondary N) is 1. The molecule has 0 atom stereocenters. The van der Waals surface area contributed by atoms with Gasteiger partial charge in [0.25, 0.3) is 0 Å². The summed E-state index contributed by atoms with van der Waals surface area (Å²) >= 11 is 0. The first kappa shape index (κ1) is 17.1. The van der Waals surface area contributed by atoms with E-state index in [1.807, 2.05) is 55.3 Å². The summed E-state index contributed by atoms with van der Waals surface area (Å²) in [7, 11) is 3.56. The minimum absolute atomic E-state index is 0.00526. The van der Waals surface area contributed by atoms with Crippen LogP contribution in [0.2, 0.25) is 0 Å². The first-order valence-electron chi connectivity index (χ1n) is 7.71. The highest BCUT2D eigenvalue weighted by Crippen LogP contribution is 2.17. The minimum Gasteiger partial charge on any atom is -0.496 e. The van der Waals surface area contributed by atoms with Gasteiger partial charge in [-0.05, 0) is 44.2 Å². The molecule has 1 N–H and O–H groups in total. The average Bonchev–Trinajstić information content (AvgIpc) is 2.92. The molecule has 1 heterocycles. The number of furan rings is 1. The van der Waals surface area contributed by atoms with Crippen LogP contribution in [0.15, 0.2) is 40.8 Å². The summed E-state index contributed by atoms with van der Waals surface area (Å²) in [6.07, 6.45) is 0.747. The molecule has 1 aromatic carbocycles. The van der Waals surface area contributed by atoms with Crippen molar-refractivity contribution in [2.24, 2.45) is 0 Å². The van der Waals surface area contributed by atoms with Crippen LogP contribution in [0, 0.1) is 6.92 Å². The van der Waals surface area contributed by atoms with Crippen molar-refractivity contribution in [1.29, 1.82) is 0 Å². The molecule has 0 bridgehead atoms. The van der Waals surface area contributed by atoms with Gasteiger partial charge in [-0.1, -0.05) is 18.2 Å². The van der Waals surface area contributed by atoms with E-state index in [2.05, 4.69) is 5.32 Å². The molecule has 5 nitrogen and oxygen atoms in total. The molecule has 0 spiro atoms. The van der Waals surface area contributed by atoms with Crippen molar-refractivity contribution in [1.82, 2.24) is 10.2 Å². The smallest absolute Gasteiger partial charge is 0.234 e. The number of nitrogens with zero attached hydrogens (tertiary/aromatic N) is 1. The Morgan fingerprint density at radius 1 is 1.26 bits per heavy atom. The van der Waals surface area contributed by atoms with E-state index in [9.17, 15) is 4.79 Å². The highest BCUT2D eigenvalue weighted by Gasteiger charge is 2.09. The van der Waals surface area contributed by atoms with Gasteiger partial charge in [0.05, 0.1) is 20.2 Å². The van der Waals surface area contributed by atoms with Crippen LogP contribution in [0.1, 0.15) is 17.1 Å². The van der Waals surface area contributed by atoms with Crippen molar-refractivity contribution >= 4 is 5.91 Å². The van der Waals surface area contributed by atoms with Crippen LogP contribution in [0.3, 0.4) is 0 Å². The Labute approximate surface area is 137 Å². The first-order chi connectivity index (χ1) is 11.1. The fourth-order valence-corrected chi connectivity index (χ4v) is 2.44. The van der Waals surface area contributed by atoms with E-state index in [0.717, 1.165) is 29.3 Å². The molecule has 2 rings (SSSR count). The fourth-order valence-electron chi connectivity index (χ4n) is 2.44. The molecule has 0 aliphatic carbocycles. The van der Waals surface area contributed by atoms with Crippen molar-refractivity contribution in [3.63, 3.8) is 0 Å². The van der Waals surface area contributed by atoms with Gasteiger partial charge < -0.3 is 14.5 Å². The third-order valence-electron chi connectivity index (χ3n) is 3.54. The zero-order valence-electron chi connectivity index (χ0n) is 14.0. The largest absolute Gasteiger partial charge is 0.496 e. The Morgan fingerprint density at radius 2 is 2.04 bits per heavy atom. The lowest BCUT2D eigenvalue weighted by Crippen LogP contribution is -2.35. The van der Waals surface area contributed by atoms with Gasteiger partial charge in [-0.3, -0.25) is 9.69 Å². The highest BCUT2D eigenvalue weighted by atomic mass is 16.5. The average molecular weight is 316 g/mol. The maximum Gasteiger partial charge on any atom is 0.234 e. The molecule has 0 unspecified atom stereocenters. The molecule has 5 heteroatoms. The number of hydrogen-bond donors (Lipinski definition) is 1. The van der Waals surface area contributed by atoms with Gasteiger partial charge in [0.1, 0.15) is 17.3 Å². The number of para-hydroxylation sites is 1. The van der Waals surface area contributed by atoms with Crippen molar-refractivity contribution in [2.75, 3.05) is 27.2 Å². The Morgan fingerprint density at radius 3 is 2.74 bits per heavy atom. The summed E-state index contributed by atoms with van der Waals surface area (Å²) in [5, 5.41) is 2.94. The monoisotopic (exact) mass is 316 g/mol. The SMILES string of the molecule is COc1ccccc1CCNC(=O)CN(C)Cc1ccc(C)o1. The Hall–Kier alpha value is -2.27. The molecular weight excluding hydrogens is 292 g/mol. The summed E-state index contributed by atoms with van der Waals surface area (Å²) in [5.74, 6) is 2.61. The van der Waals surface area contributed by atoms with Crippen LogP contribution in [0.5, 0.6) is 5.75 Å². The molecule has 23 heavy (non-hydrogen) atoms. The number of benzene rings is 1. The number of methoxy groups -OCH3 is 1. The van der Waals surface area contributed by atoms with Gasteiger partial charge in [0.15, 0.2) is 0 Å². The first-order valence-corrected chi connectivity index (χ1v) is 7.71.